The monoisotopic (exact) mass is 253 g/mol. The molecule has 1 aliphatic heterocycles. The van der Waals surface area contributed by atoms with Gasteiger partial charge in [0.05, 0.1) is 6.54 Å². The molecule has 0 saturated carbocycles. The molecule has 1 unspecified atom stereocenters. The Morgan fingerprint density at radius 1 is 1.53 bits per heavy atom. The van der Waals surface area contributed by atoms with Gasteiger partial charge in [0.25, 0.3) is 0 Å². The van der Waals surface area contributed by atoms with Gasteiger partial charge in [0, 0.05) is 36.8 Å². The van der Waals surface area contributed by atoms with Crippen molar-refractivity contribution >= 4 is 11.3 Å². The second-order valence-corrected chi connectivity index (χ2v) is 6.93. The molecule has 0 radical (unpaired) electrons. The lowest BCUT2D eigenvalue weighted by molar-refractivity contribution is 0.129. The highest BCUT2D eigenvalue weighted by Gasteiger charge is 2.29. The lowest BCUT2D eigenvalue weighted by Gasteiger charge is -2.40. The first kappa shape index (κ1) is 13.0. The van der Waals surface area contributed by atoms with Crippen LogP contribution >= 0.6 is 11.3 Å². The Kier molecular flexibility index (Phi) is 3.85. The molecule has 0 amide bonds. The number of nitrogens with one attached hydrogen (secondary N) is 1. The van der Waals surface area contributed by atoms with Gasteiger partial charge in [-0.1, -0.05) is 20.8 Å². The van der Waals surface area contributed by atoms with E-state index in [0.717, 1.165) is 31.9 Å². The van der Waals surface area contributed by atoms with Crippen LogP contribution in [-0.4, -0.2) is 35.6 Å². The Labute approximate surface area is 108 Å². The number of thiazole rings is 1. The minimum Gasteiger partial charge on any atom is -0.311 e. The number of aromatic nitrogens is 1. The maximum Gasteiger partial charge on any atom is 0.107 e. The van der Waals surface area contributed by atoms with Gasteiger partial charge in [-0.2, -0.15) is 0 Å². The van der Waals surface area contributed by atoms with Gasteiger partial charge in [0.1, 0.15) is 5.01 Å². The summed E-state index contributed by atoms with van der Waals surface area (Å²) in [4.78, 5) is 7.07. The fraction of sp³-hybridized carbons (Fsp3) is 0.769. The number of hydrogen-bond donors (Lipinski definition) is 1. The predicted octanol–water partition coefficient (Wildman–Crippen LogP) is 2.27. The Morgan fingerprint density at radius 3 is 2.88 bits per heavy atom. The molecule has 1 fully saturated rings. The van der Waals surface area contributed by atoms with E-state index in [1.54, 1.807) is 11.3 Å². The molecule has 2 heterocycles. The Balaban J connectivity index is 1.94. The zero-order valence-electron chi connectivity index (χ0n) is 11.3. The molecule has 1 aliphatic rings. The van der Waals surface area contributed by atoms with E-state index in [1.165, 1.54) is 5.01 Å². The average molecular weight is 253 g/mol. The van der Waals surface area contributed by atoms with E-state index in [2.05, 4.69) is 48.3 Å². The molecule has 2 rings (SSSR count). The van der Waals surface area contributed by atoms with Crippen LogP contribution in [0.2, 0.25) is 0 Å². The first-order valence-corrected chi connectivity index (χ1v) is 7.20. The first-order chi connectivity index (χ1) is 7.95. The quantitative estimate of drug-likeness (QED) is 0.876. The number of nitrogens with zero attached hydrogens (tertiary/aromatic N) is 2. The molecule has 96 valence electrons. The van der Waals surface area contributed by atoms with Crippen molar-refractivity contribution in [3.8, 4) is 0 Å². The minimum absolute atomic E-state index is 0.331. The summed E-state index contributed by atoms with van der Waals surface area (Å²) in [7, 11) is 0. The van der Waals surface area contributed by atoms with Gasteiger partial charge in [-0.25, -0.2) is 4.98 Å². The van der Waals surface area contributed by atoms with E-state index >= 15 is 0 Å². The molecule has 1 saturated heterocycles. The van der Waals surface area contributed by atoms with E-state index < -0.39 is 0 Å². The molecule has 0 aliphatic carbocycles. The number of aryl methyl sites for hydroxylation is 1. The van der Waals surface area contributed by atoms with Gasteiger partial charge in [0.15, 0.2) is 0 Å². The third-order valence-electron chi connectivity index (χ3n) is 3.33. The highest BCUT2D eigenvalue weighted by atomic mass is 32.1. The van der Waals surface area contributed by atoms with Gasteiger partial charge >= 0.3 is 0 Å². The predicted molar refractivity (Wildman–Crippen MR) is 73.4 cm³/mol. The second kappa shape index (κ2) is 5.04. The van der Waals surface area contributed by atoms with Crippen LogP contribution in [-0.2, 0) is 6.54 Å². The fourth-order valence-electron chi connectivity index (χ4n) is 2.20. The van der Waals surface area contributed by atoms with Crippen LogP contribution in [0.3, 0.4) is 0 Å². The summed E-state index contributed by atoms with van der Waals surface area (Å²) < 4.78 is 0. The van der Waals surface area contributed by atoms with Crippen molar-refractivity contribution in [1.29, 1.82) is 0 Å². The Hall–Kier alpha value is -0.450. The molecule has 4 heteroatoms. The molecular weight excluding hydrogens is 230 g/mol. The highest BCUT2D eigenvalue weighted by molar-refractivity contribution is 7.09. The summed E-state index contributed by atoms with van der Waals surface area (Å²) in [5, 5.41) is 7.01. The summed E-state index contributed by atoms with van der Waals surface area (Å²) in [5.41, 5.74) is 1.48. The standard InChI is InChI=1S/C13H23N3S/c1-10-9-17-12(15-10)8-16-6-5-14-11(7-16)13(2,3)4/h9,11,14H,5-8H2,1-4H3. The van der Waals surface area contributed by atoms with E-state index in [0.29, 0.717) is 11.5 Å². The van der Waals surface area contributed by atoms with Crippen molar-refractivity contribution in [1.82, 2.24) is 15.2 Å². The van der Waals surface area contributed by atoms with Crippen LogP contribution in [0.4, 0.5) is 0 Å². The summed E-state index contributed by atoms with van der Waals surface area (Å²) in [6.45, 7) is 13.3. The molecule has 1 aromatic rings. The smallest absolute Gasteiger partial charge is 0.107 e. The van der Waals surface area contributed by atoms with Crippen LogP contribution in [0.5, 0.6) is 0 Å². The van der Waals surface area contributed by atoms with E-state index in [4.69, 9.17) is 0 Å². The zero-order chi connectivity index (χ0) is 12.5. The molecule has 0 bridgehead atoms. The summed E-state index contributed by atoms with van der Waals surface area (Å²) >= 11 is 1.78. The number of rotatable bonds is 2. The highest BCUT2D eigenvalue weighted by Crippen LogP contribution is 2.23. The van der Waals surface area contributed by atoms with Crippen LogP contribution < -0.4 is 5.32 Å². The van der Waals surface area contributed by atoms with Crippen molar-refractivity contribution in [2.45, 2.75) is 40.3 Å². The van der Waals surface area contributed by atoms with E-state index in [9.17, 15) is 0 Å². The Morgan fingerprint density at radius 2 is 2.29 bits per heavy atom. The summed E-state index contributed by atoms with van der Waals surface area (Å²) in [6, 6.07) is 0.581. The van der Waals surface area contributed by atoms with Crippen molar-refractivity contribution in [2.24, 2.45) is 5.41 Å². The Bertz CT molecular complexity index is 367. The lowest BCUT2D eigenvalue weighted by atomic mass is 9.85. The van der Waals surface area contributed by atoms with Gasteiger partial charge in [-0.15, -0.1) is 11.3 Å². The zero-order valence-corrected chi connectivity index (χ0v) is 12.1. The minimum atomic E-state index is 0.331. The molecule has 0 aromatic carbocycles. The SMILES string of the molecule is Cc1csc(CN2CCNC(C(C)(C)C)C2)n1. The molecular formula is C13H23N3S. The first-order valence-electron chi connectivity index (χ1n) is 6.32. The topological polar surface area (TPSA) is 28.2 Å². The molecule has 17 heavy (non-hydrogen) atoms. The van der Waals surface area contributed by atoms with Gasteiger partial charge in [0.2, 0.25) is 0 Å². The van der Waals surface area contributed by atoms with Crippen LogP contribution in [0, 0.1) is 12.3 Å². The van der Waals surface area contributed by atoms with Crippen LogP contribution in [0.15, 0.2) is 5.38 Å². The van der Waals surface area contributed by atoms with Crippen molar-refractivity contribution < 1.29 is 0 Å². The molecule has 1 N–H and O–H groups in total. The molecule has 1 aromatic heterocycles. The van der Waals surface area contributed by atoms with Crippen LogP contribution in [0.25, 0.3) is 0 Å². The molecule has 0 spiro atoms. The third kappa shape index (κ3) is 3.50. The lowest BCUT2D eigenvalue weighted by Crippen LogP contribution is -2.55. The molecule has 1 atom stereocenters. The summed E-state index contributed by atoms with van der Waals surface area (Å²) in [6.07, 6.45) is 0. The van der Waals surface area contributed by atoms with Gasteiger partial charge in [-0.05, 0) is 12.3 Å². The fourth-order valence-corrected chi connectivity index (χ4v) is 3.01. The van der Waals surface area contributed by atoms with Crippen LogP contribution in [0.1, 0.15) is 31.5 Å². The van der Waals surface area contributed by atoms with E-state index in [-0.39, 0.29) is 0 Å². The largest absolute Gasteiger partial charge is 0.311 e. The maximum absolute atomic E-state index is 4.55. The van der Waals surface area contributed by atoms with Crippen molar-refractivity contribution in [3.63, 3.8) is 0 Å². The average Bonchev–Trinajstić information content (AvgIpc) is 2.63. The van der Waals surface area contributed by atoms with E-state index in [1.807, 2.05) is 0 Å². The second-order valence-electron chi connectivity index (χ2n) is 5.99. The summed E-state index contributed by atoms with van der Waals surface area (Å²) in [5.74, 6) is 0. The van der Waals surface area contributed by atoms with Gasteiger partial charge in [-0.3, -0.25) is 4.90 Å². The normalized spacial score (nSPS) is 22.9. The number of piperazine rings is 1. The molecule has 3 nitrogen and oxygen atoms in total. The number of hydrogen-bond acceptors (Lipinski definition) is 4. The maximum atomic E-state index is 4.55. The van der Waals surface area contributed by atoms with Gasteiger partial charge < -0.3 is 5.32 Å². The van der Waals surface area contributed by atoms with Crippen molar-refractivity contribution in [2.75, 3.05) is 19.6 Å². The third-order valence-corrected chi connectivity index (χ3v) is 4.28. The van der Waals surface area contributed by atoms with Crippen molar-refractivity contribution in [3.05, 3.63) is 16.1 Å².